The molecule has 19 heavy (non-hydrogen) atoms. The van der Waals surface area contributed by atoms with Crippen molar-refractivity contribution in [2.75, 3.05) is 0 Å². The molecule has 0 aliphatic rings. The fourth-order valence-electron chi connectivity index (χ4n) is 1.50. The Morgan fingerprint density at radius 2 is 1.84 bits per heavy atom. The van der Waals surface area contributed by atoms with E-state index in [-0.39, 0.29) is 5.69 Å². The topological polar surface area (TPSA) is 55.5 Å². The van der Waals surface area contributed by atoms with Gasteiger partial charge in [-0.1, -0.05) is 46.3 Å². The summed E-state index contributed by atoms with van der Waals surface area (Å²) in [6.07, 6.45) is 1.60. The van der Waals surface area contributed by atoms with Crippen molar-refractivity contribution in [2.24, 2.45) is 4.99 Å². The first-order valence-corrected chi connectivity index (χ1v) is 6.89. The van der Waals surface area contributed by atoms with Crippen LogP contribution in [0.15, 0.2) is 56.4 Å². The molecule has 0 bridgehead atoms. The van der Waals surface area contributed by atoms with Crippen LogP contribution in [0.5, 0.6) is 0 Å². The lowest BCUT2D eigenvalue weighted by Gasteiger charge is -2.01. The average Bonchev–Trinajstić information content (AvgIpc) is 2.38. The molecule has 0 radical (unpaired) electrons. The Hall–Kier alpha value is -1.53. The highest BCUT2D eigenvalue weighted by atomic mass is 79.9. The van der Waals surface area contributed by atoms with Gasteiger partial charge in [0.2, 0.25) is 0 Å². The van der Waals surface area contributed by atoms with Crippen LogP contribution in [-0.4, -0.2) is 11.1 Å². The third-order valence-corrected chi connectivity index (χ3v) is 3.41. The standard InChI is InChI=1S/C13H8Br2N2O2/c14-10-6-11(15)13(12(7-10)17(18)19)16-8-9-4-2-1-3-5-9/h1-8H. The van der Waals surface area contributed by atoms with E-state index in [0.29, 0.717) is 14.6 Å². The molecular weight excluding hydrogens is 376 g/mol. The van der Waals surface area contributed by atoms with Crippen molar-refractivity contribution >= 4 is 49.4 Å². The van der Waals surface area contributed by atoms with Gasteiger partial charge in [0.05, 0.1) is 9.40 Å². The molecule has 0 amide bonds. The monoisotopic (exact) mass is 382 g/mol. The number of aliphatic imine (C=N–C) groups is 1. The summed E-state index contributed by atoms with van der Waals surface area (Å²) in [5, 5.41) is 11.0. The summed E-state index contributed by atoms with van der Waals surface area (Å²) in [7, 11) is 0. The number of nitrogens with zero attached hydrogens (tertiary/aromatic N) is 2. The third kappa shape index (κ3) is 3.48. The van der Waals surface area contributed by atoms with E-state index in [0.717, 1.165) is 5.56 Å². The third-order valence-electron chi connectivity index (χ3n) is 2.35. The summed E-state index contributed by atoms with van der Waals surface area (Å²) in [6.45, 7) is 0. The quantitative estimate of drug-likeness (QED) is 0.431. The maximum atomic E-state index is 11.0. The van der Waals surface area contributed by atoms with Crippen LogP contribution < -0.4 is 0 Å². The fraction of sp³-hybridized carbons (Fsp3) is 0. The van der Waals surface area contributed by atoms with Crippen LogP contribution in [0.3, 0.4) is 0 Å². The summed E-state index contributed by atoms with van der Waals surface area (Å²) in [4.78, 5) is 14.8. The number of rotatable bonds is 3. The highest BCUT2D eigenvalue weighted by Gasteiger charge is 2.17. The van der Waals surface area contributed by atoms with Crippen LogP contribution in [-0.2, 0) is 0 Å². The van der Waals surface area contributed by atoms with Crippen molar-refractivity contribution in [1.29, 1.82) is 0 Å². The predicted molar refractivity (Wildman–Crippen MR) is 82.2 cm³/mol. The highest BCUT2D eigenvalue weighted by Crippen LogP contribution is 2.37. The maximum Gasteiger partial charge on any atom is 0.297 e. The van der Waals surface area contributed by atoms with Gasteiger partial charge in [-0.3, -0.25) is 10.1 Å². The Kier molecular flexibility index (Phi) is 4.44. The second-order valence-corrected chi connectivity index (χ2v) is 5.45. The largest absolute Gasteiger partial charge is 0.297 e. The molecule has 0 saturated heterocycles. The molecule has 0 unspecified atom stereocenters. The van der Waals surface area contributed by atoms with E-state index >= 15 is 0 Å². The number of nitro benzene ring substituents is 1. The lowest BCUT2D eigenvalue weighted by atomic mass is 10.2. The van der Waals surface area contributed by atoms with Gasteiger partial charge in [-0.05, 0) is 27.6 Å². The summed E-state index contributed by atoms with van der Waals surface area (Å²) in [6, 6.07) is 12.6. The molecule has 0 N–H and O–H groups in total. The van der Waals surface area contributed by atoms with Gasteiger partial charge < -0.3 is 0 Å². The molecule has 0 aliphatic carbocycles. The van der Waals surface area contributed by atoms with Crippen molar-refractivity contribution in [3.63, 3.8) is 0 Å². The maximum absolute atomic E-state index is 11.0. The van der Waals surface area contributed by atoms with E-state index in [4.69, 9.17) is 0 Å². The fourth-order valence-corrected chi connectivity index (χ4v) is 2.80. The van der Waals surface area contributed by atoms with Gasteiger partial charge in [0.15, 0.2) is 5.69 Å². The Morgan fingerprint density at radius 3 is 2.47 bits per heavy atom. The van der Waals surface area contributed by atoms with Gasteiger partial charge in [-0.15, -0.1) is 0 Å². The molecule has 2 aromatic rings. The van der Waals surface area contributed by atoms with E-state index in [2.05, 4.69) is 36.9 Å². The molecule has 0 fully saturated rings. The van der Waals surface area contributed by atoms with Crippen LogP contribution in [0.2, 0.25) is 0 Å². The lowest BCUT2D eigenvalue weighted by molar-refractivity contribution is -0.384. The molecule has 0 atom stereocenters. The Bertz CT molecular complexity index is 643. The first kappa shape index (κ1) is 13.9. The first-order chi connectivity index (χ1) is 9.08. The zero-order valence-corrected chi connectivity index (χ0v) is 12.8. The minimum atomic E-state index is -0.451. The lowest BCUT2D eigenvalue weighted by Crippen LogP contribution is -1.90. The summed E-state index contributed by atoms with van der Waals surface area (Å²) in [5.74, 6) is 0. The van der Waals surface area contributed by atoms with Crippen LogP contribution in [0.25, 0.3) is 0 Å². The van der Waals surface area contributed by atoms with Crippen LogP contribution in [0.1, 0.15) is 5.56 Å². The molecule has 4 nitrogen and oxygen atoms in total. The normalized spacial score (nSPS) is 10.8. The number of nitro groups is 1. The molecule has 0 saturated carbocycles. The molecule has 0 aliphatic heterocycles. The molecular formula is C13H8Br2N2O2. The van der Waals surface area contributed by atoms with Crippen molar-refractivity contribution < 1.29 is 4.92 Å². The molecule has 0 spiro atoms. The van der Waals surface area contributed by atoms with Gasteiger partial charge >= 0.3 is 0 Å². The SMILES string of the molecule is O=[N+]([O-])c1cc(Br)cc(Br)c1N=Cc1ccccc1. The zero-order chi connectivity index (χ0) is 13.8. The van der Waals surface area contributed by atoms with Crippen LogP contribution in [0, 0.1) is 10.1 Å². The highest BCUT2D eigenvalue weighted by molar-refractivity contribution is 9.11. The van der Waals surface area contributed by atoms with E-state index in [9.17, 15) is 10.1 Å². The number of halogens is 2. The van der Waals surface area contributed by atoms with Crippen molar-refractivity contribution in [3.8, 4) is 0 Å². The second kappa shape index (κ2) is 6.08. The summed E-state index contributed by atoms with van der Waals surface area (Å²) >= 11 is 6.52. The number of hydrogen-bond acceptors (Lipinski definition) is 3. The van der Waals surface area contributed by atoms with Crippen LogP contribution in [0.4, 0.5) is 11.4 Å². The van der Waals surface area contributed by atoms with Gasteiger partial charge in [0.1, 0.15) is 0 Å². The molecule has 2 aromatic carbocycles. The van der Waals surface area contributed by atoms with Crippen molar-refractivity contribution in [2.45, 2.75) is 0 Å². The van der Waals surface area contributed by atoms with Crippen molar-refractivity contribution in [1.82, 2.24) is 0 Å². The molecule has 2 rings (SSSR count). The van der Waals surface area contributed by atoms with Gasteiger partial charge in [0.25, 0.3) is 5.69 Å². The second-order valence-electron chi connectivity index (χ2n) is 3.68. The summed E-state index contributed by atoms with van der Waals surface area (Å²) < 4.78 is 1.20. The van der Waals surface area contributed by atoms with Crippen molar-refractivity contribution in [3.05, 3.63) is 67.1 Å². The molecule has 0 heterocycles. The van der Waals surface area contributed by atoms with E-state index in [1.807, 2.05) is 30.3 Å². The van der Waals surface area contributed by atoms with E-state index in [1.54, 1.807) is 12.3 Å². The number of hydrogen-bond donors (Lipinski definition) is 0. The van der Waals surface area contributed by atoms with Gasteiger partial charge in [0, 0.05) is 16.8 Å². The van der Waals surface area contributed by atoms with E-state index < -0.39 is 4.92 Å². The predicted octanol–water partition coefficient (Wildman–Crippen LogP) is 4.87. The smallest absolute Gasteiger partial charge is 0.258 e. The Morgan fingerprint density at radius 1 is 1.16 bits per heavy atom. The molecule has 96 valence electrons. The summed E-state index contributed by atoms with van der Waals surface area (Å²) in [5.41, 5.74) is 1.14. The average molecular weight is 384 g/mol. The van der Waals surface area contributed by atoms with E-state index in [1.165, 1.54) is 6.07 Å². The molecule has 0 aromatic heterocycles. The Labute approximate surface area is 126 Å². The first-order valence-electron chi connectivity index (χ1n) is 5.30. The minimum Gasteiger partial charge on any atom is -0.258 e. The van der Waals surface area contributed by atoms with Gasteiger partial charge in [-0.2, -0.15) is 0 Å². The zero-order valence-electron chi connectivity index (χ0n) is 9.59. The minimum absolute atomic E-state index is 0.0477. The molecule has 6 heteroatoms. The van der Waals surface area contributed by atoms with Gasteiger partial charge in [-0.25, -0.2) is 4.99 Å². The Balaban J connectivity index is 2.45. The number of benzene rings is 2. The van der Waals surface area contributed by atoms with Crippen LogP contribution >= 0.6 is 31.9 Å².